The largest absolute Gasteiger partial charge is 0.348 e. The van der Waals surface area contributed by atoms with Crippen LogP contribution in [0, 0.1) is 0 Å². The summed E-state index contributed by atoms with van der Waals surface area (Å²) >= 11 is 0. The van der Waals surface area contributed by atoms with Crippen LogP contribution in [0.5, 0.6) is 0 Å². The Morgan fingerprint density at radius 3 is 2.72 bits per heavy atom. The zero-order valence-electron chi connectivity index (χ0n) is 14.0. The number of aromatic amines is 1. The first-order valence-corrected chi connectivity index (χ1v) is 8.17. The maximum atomic E-state index is 12.7. The summed E-state index contributed by atoms with van der Waals surface area (Å²) < 4.78 is 0. The molecule has 0 aromatic carbocycles. The molecule has 2 aliphatic heterocycles. The van der Waals surface area contributed by atoms with Crippen molar-refractivity contribution < 1.29 is 14.4 Å². The lowest BCUT2D eigenvalue weighted by molar-refractivity contribution is -0.140. The number of carbonyl (C=O) groups excluding carboxylic acids is 3. The average Bonchev–Trinajstić information content (AvgIpc) is 3.24. The summed E-state index contributed by atoms with van der Waals surface area (Å²) in [5, 5.41) is 5.23. The molecule has 0 spiro atoms. The summed E-state index contributed by atoms with van der Waals surface area (Å²) in [6, 6.07) is -1.29. The van der Waals surface area contributed by atoms with Crippen molar-refractivity contribution in [2.45, 2.75) is 43.9 Å². The van der Waals surface area contributed by atoms with Crippen LogP contribution in [-0.2, 0) is 20.8 Å². The molecular weight excluding hydrogens is 324 g/mol. The smallest absolute Gasteiger partial charge is 0.246 e. The van der Waals surface area contributed by atoms with Crippen molar-refractivity contribution in [1.29, 1.82) is 0 Å². The molecule has 9 nitrogen and oxygen atoms in total. The summed E-state index contributed by atoms with van der Waals surface area (Å²) in [6.45, 7) is 6.59. The third-order valence-corrected chi connectivity index (χ3v) is 4.22. The molecule has 25 heavy (non-hydrogen) atoms. The van der Waals surface area contributed by atoms with E-state index in [-0.39, 0.29) is 30.3 Å². The quantitative estimate of drug-likeness (QED) is 0.401. The summed E-state index contributed by atoms with van der Waals surface area (Å²) in [5.41, 5.74) is 6.70. The molecule has 1 aromatic rings. The summed E-state index contributed by atoms with van der Waals surface area (Å²) in [6.07, 6.45) is 4.89. The molecule has 0 radical (unpaired) electrons. The predicted molar refractivity (Wildman–Crippen MR) is 90.9 cm³/mol. The Balaban J connectivity index is 0.00000109. The minimum Gasteiger partial charge on any atom is -0.348 e. The molecule has 136 valence electrons. The van der Waals surface area contributed by atoms with Crippen molar-refractivity contribution in [2.24, 2.45) is 5.73 Å². The third kappa shape index (κ3) is 4.44. The maximum absolute atomic E-state index is 12.7. The normalized spacial score (nSPS) is 22.9. The zero-order chi connectivity index (χ0) is 18.4. The molecule has 0 saturated carbocycles. The van der Waals surface area contributed by atoms with Gasteiger partial charge in [0.2, 0.25) is 17.7 Å². The van der Waals surface area contributed by atoms with E-state index in [1.807, 2.05) is 0 Å². The first-order chi connectivity index (χ1) is 12.0. The first kappa shape index (κ1) is 18.7. The number of β-lactam (4-membered cyclic amide) rings is 1. The highest BCUT2D eigenvalue weighted by molar-refractivity contribution is 5.99. The Morgan fingerprint density at radius 2 is 2.20 bits per heavy atom. The lowest BCUT2D eigenvalue weighted by Crippen LogP contribution is -2.61. The van der Waals surface area contributed by atoms with Crippen molar-refractivity contribution in [2.75, 3.05) is 6.54 Å². The number of nitrogens with two attached hydrogens (primary N) is 1. The van der Waals surface area contributed by atoms with Crippen LogP contribution in [0.4, 0.5) is 0 Å². The summed E-state index contributed by atoms with van der Waals surface area (Å²) in [5.74, 6) is -0.720. The minimum atomic E-state index is -0.732. The predicted octanol–water partition coefficient (Wildman–Crippen LogP) is -0.965. The number of likely N-dealkylation sites (tertiary alicyclic amines) is 1. The topological polar surface area (TPSA) is 133 Å². The Hall–Kier alpha value is -2.68. The van der Waals surface area contributed by atoms with Crippen LogP contribution in [0.3, 0.4) is 0 Å². The van der Waals surface area contributed by atoms with Gasteiger partial charge < -0.3 is 26.3 Å². The van der Waals surface area contributed by atoms with Gasteiger partial charge in [-0.15, -0.1) is 13.2 Å². The highest BCUT2D eigenvalue weighted by Crippen LogP contribution is 2.16. The van der Waals surface area contributed by atoms with Crippen LogP contribution < -0.4 is 16.4 Å². The average molecular weight is 348 g/mol. The lowest BCUT2D eigenvalue weighted by Gasteiger charge is -2.30. The number of imidazole rings is 1. The number of hydrogen-bond donors (Lipinski definition) is 4. The van der Waals surface area contributed by atoms with Crippen molar-refractivity contribution in [3.05, 3.63) is 31.4 Å². The van der Waals surface area contributed by atoms with E-state index in [2.05, 4.69) is 33.8 Å². The molecule has 2 saturated heterocycles. The van der Waals surface area contributed by atoms with Gasteiger partial charge >= 0.3 is 0 Å². The van der Waals surface area contributed by atoms with E-state index in [0.29, 0.717) is 13.0 Å². The van der Waals surface area contributed by atoms with Gasteiger partial charge in [0, 0.05) is 24.9 Å². The minimum absolute atomic E-state index is 0.153. The number of nitrogens with zero attached hydrogens (tertiary/aromatic N) is 2. The molecule has 9 heteroatoms. The molecular formula is C16H24N6O3. The molecule has 3 unspecified atom stereocenters. The molecule has 0 aliphatic carbocycles. The van der Waals surface area contributed by atoms with Crippen LogP contribution in [-0.4, -0.2) is 57.4 Å². The maximum Gasteiger partial charge on any atom is 0.246 e. The van der Waals surface area contributed by atoms with E-state index >= 15 is 0 Å². The monoisotopic (exact) mass is 348 g/mol. The van der Waals surface area contributed by atoms with E-state index in [1.54, 1.807) is 11.1 Å². The highest BCUT2D eigenvalue weighted by Gasteiger charge is 2.36. The second-order valence-electron chi connectivity index (χ2n) is 5.91. The van der Waals surface area contributed by atoms with Crippen LogP contribution in [0.25, 0.3) is 0 Å². The SMILES string of the molecule is C=C.NC1CCCN1C(=O)C(Cc1cnc[nH]1)NC(=O)C1CC(=O)N1. The van der Waals surface area contributed by atoms with Gasteiger partial charge in [0.05, 0.1) is 18.9 Å². The number of carbonyl (C=O) groups is 3. The Bertz CT molecular complexity index is 609. The molecule has 3 rings (SSSR count). The van der Waals surface area contributed by atoms with Crippen molar-refractivity contribution in [1.82, 2.24) is 25.5 Å². The molecule has 3 amide bonds. The van der Waals surface area contributed by atoms with Gasteiger partial charge in [0.15, 0.2) is 0 Å². The van der Waals surface area contributed by atoms with Gasteiger partial charge in [0.25, 0.3) is 0 Å². The molecule has 2 fully saturated rings. The van der Waals surface area contributed by atoms with Gasteiger partial charge in [-0.3, -0.25) is 14.4 Å². The fraction of sp³-hybridized carbons (Fsp3) is 0.500. The second kappa shape index (κ2) is 8.43. The summed E-state index contributed by atoms with van der Waals surface area (Å²) in [4.78, 5) is 44.3. The van der Waals surface area contributed by atoms with Crippen LogP contribution in [0.1, 0.15) is 25.0 Å². The van der Waals surface area contributed by atoms with Gasteiger partial charge in [-0.05, 0) is 12.8 Å². The second-order valence-corrected chi connectivity index (χ2v) is 5.91. The molecule has 3 atom stereocenters. The van der Waals surface area contributed by atoms with E-state index in [1.165, 1.54) is 6.33 Å². The lowest BCUT2D eigenvalue weighted by atomic mass is 10.0. The van der Waals surface area contributed by atoms with Gasteiger partial charge in [-0.1, -0.05) is 0 Å². The van der Waals surface area contributed by atoms with E-state index in [4.69, 9.17) is 5.73 Å². The van der Waals surface area contributed by atoms with E-state index < -0.39 is 12.1 Å². The van der Waals surface area contributed by atoms with Crippen molar-refractivity contribution in [3.63, 3.8) is 0 Å². The standard InChI is InChI=1S/C14H20N6O3.C2H4/c15-11-2-1-3-20(11)14(23)10(4-8-6-16-7-17-8)19-13(22)9-5-12(21)18-9;1-2/h6-7,9-11H,1-5,15H2,(H,16,17)(H,18,21)(H,19,22);1-2H2. The molecule has 0 bridgehead atoms. The number of rotatable bonds is 5. The molecule has 1 aromatic heterocycles. The van der Waals surface area contributed by atoms with Gasteiger partial charge in [0.1, 0.15) is 12.1 Å². The number of hydrogen-bond acceptors (Lipinski definition) is 5. The Labute approximate surface area is 146 Å². The van der Waals surface area contributed by atoms with Crippen LogP contribution >= 0.6 is 0 Å². The molecule has 2 aliphatic rings. The van der Waals surface area contributed by atoms with Crippen molar-refractivity contribution in [3.8, 4) is 0 Å². The Morgan fingerprint density at radius 1 is 1.48 bits per heavy atom. The zero-order valence-corrected chi connectivity index (χ0v) is 14.0. The first-order valence-electron chi connectivity index (χ1n) is 8.17. The number of amides is 3. The van der Waals surface area contributed by atoms with Gasteiger partial charge in [-0.2, -0.15) is 0 Å². The summed E-state index contributed by atoms with van der Waals surface area (Å²) in [7, 11) is 0. The van der Waals surface area contributed by atoms with Crippen LogP contribution in [0.2, 0.25) is 0 Å². The molecule has 5 N–H and O–H groups in total. The van der Waals surface area contributed by atoms with Crippen LogP contribution in [0.15, 0.2) is 25.7 Å². The number of H-pyrrole nitrogens is 1. The van der Waals surface area contributed by atoms with E-state index in [9.17, 15) is 14.4 Å². The van der Waals surface area contributed by atoms with Gasteiger partial charge in [-0.25, -0.2) is 4.98 Å². The molecule has 3 heterocycles. The fourth-order valence-corrected chi connectivity index (χ4v) is 2.87. The Kier molecular flexibility index (Phi) is 6.29. The van der Waals surface area contributed by atoms with Crippen molar-refractivity contribution >= 4 is 17.7 Å². The van der Waals surface area contributed by atoms with E-state index in [0.717, 1.165) is 18.5 Å². The third-order valence-electron chi connectivity index (χ3n) is 4.22. The number of aromatic nitrogens is 2. The fourth-order valence-electron chi connectivity index (χ4n) is 2.87. The number of nitrogens with one attached hydrogen (secondary N) is 3. The highest BCUT2D eigenvalue weighted by atomic mass is 16.2.